The van der Waals surface area contributed by atoms with E-state index in [1.54, 1.807) is 19.9 Å². The highest BCUT2D eigenvalue weighted by Crippen LogP contribution is 2.13. The Balaban J connectivity index is 2.82. The number of hydrogen-bond donors (Lipinski definition) is 3. The number of nitrogens with zero attached hydrogens (tertiary/aromatic N) is 1. The van der Waals surface area contributed by atoms with Crippen LogP contribution in [-0.2, 0) is 22.3 Å². The van der Waals surface area contributed by atoms with Crippen molar-refractivity contribution in [2.24, 2.45) is 10.7 Å². The number of sulfonamides is 1. The highest BCUT2D eigenvalue weighted by molar-refractivity contribution is 7.88. The third kappa shape index (κ3) is 6.91. The van der Waals surface area contributed by atoms with Crippen LogP contribution in [0.2, 0.25) is 0 Å². The van der Waals surface area contributed by atoms with E-state index in [4.69, 9.17) is 5.73 Å². The maximum Gasteiger partial charge on any atom is 0.216 e. The molecule has 124 valence electrons. The number of hydrogen-bond acceptors (Lipinski definition) is 3. The molecule has 0 amide bonds. The first kappa shape index (κ1) is 18.4. The van der Waals surface area contributed by atoms with Crippen LogP contribution >= 0.6 is 0 Å². The quantitative estimate of drug-likeness (QED) is 0.496. The lowest BCUT2D eigenvalue weighted by Crippen LogP contribution is -2.32. The number of nitrogens with two attached hydrogens (primary N) is 1. The summed E-state index contributed by atoms with van der Waals surface area (Å²) in [5.41, 5.74) is 7.36. The Morgan fingerprint density at radius 1 is 1.27 bits per heavy atom. The fourth-order valence-corrected chi connectivity index (χ4v) is 3.43. The van der Waals surface area contributed by atoms with Gasteiger partial charge in [0.05, 0.1) is 12.3 Å². The van der Waals surface area contributed by atoms with E-state index >= 15 is 0 Å². The van der Waals surface area contributed by atoms with E-state index in [0.717, 1.165) is 24.1 Å². The van der Waals surface area contributed by atoms with Gasteiger partial charge in [-0.2, -0.15) is 0 Å². The van der Waals surface area contributed by atoms with Gasteiger partial charge in [0.25, 0.3) is 0 Å². The van der Waals surface area contributed by atoms with Crippen molar-refractivity contribution in [2.75, 3.05) is 6.54 Å². The Morgan fingerprint density at radius 2 is 1.91 bits per heavy atom. The fourth-order valence-electron chi connectivity index (χ4n) is 1.94. The summed E-state index contributed by atoms with van der Waals surface area (Å²) in [6.45, 7) is 6.77. The SMILES string of the molecule is CCCNC(N)=NCc1ccccc1CS(=O)(=O)NC(C)C. The van der Waals surface area contributed by atoms with E-state index in [1.807, 2.05) is 25.1 Å². The number of benzene rings is 1. The van der Waals surface area contributed by atoms with Gasteiger partial charge in [0.15, 0.2) is 5.96 Å². The van der Waals surface area contributed by atoms with Crippen LogP contribution in [0.5, 0.6) is 0 Å². The van der Waals surface area contributed by atoms with Gasteiger partial charge >= 0.3 is 0 Å². The summed E-state index contributed by atoms with van der Waals surface area (Å²) in [7, 11) is -3.35. The predicted molar refractivity (Wildman–Crippen MR) is 91.0 cm³/mol. The maximum atomic E-state index is 12.1. The van der Waals surface area contributed by atoms with Crippen molar-refractivity contribution in [2.45, 2.75) is 45.5 Å². The summed E-state index contributed by atoms with van der Waals surface area (Å²) >= 11 is 0. The van der Waals surface area contributed by atoms with E-state index in [-0.39, 0.29) is 11.8 Å². The molecule has 0 spiro atoms. The molecule has 6 nitrogen and oxygen atoms in total. The minimum atomic E-state index is -3.35. The lowest BCUT2D eigenvalue weighted by molar-refractivity contribution is 0.569. The summed E-state index contributed by atoms with van der Waals surface area (Å²) in [5, 5.41) is 2.99. The van der Waals surface area contributed by atoms with Gasteiger partial charge < -0.3 is 11.1 Å². The van der Waals surface area contributed by atoms with Crippen molar-refractivity contribution in [3.63, 3.8) is 0 Å². The van der Waals surface area contributed by atoms with Gasteiger partial charge in [-0.1, -0.05) is 31.2 Å². The smallest absolute Gasteiger partial charge is 0.216 e. The molecule has 0 heterocycles. The normalized spacial score (nSPS) is 12.6. The molecule has 0 aromatic heterocycles. The highest BCUT2D eigenvalue weighted by Gasteiger charge is 2.15. The largest absolute Gasteiger partial charge is 0.370 e. The maximum absolute atomic E-state index is 12.1. The van der Waals surface area contributed by atoms with Crippen molar-refractivity contribution in [3.05, 3.63) is 35.4 Å². The van der Waals surface area contributed by atoms with Crippen molar-refractivity contribution in [1.29, 1.82) is 0 Å². The summed E-state index contributed by atoms with van der Waals surface area (Å²) in [4.78, 5) is 4.25. The summed E-state index contributed by atoms with van der Waals surface area (Å²) < 4.78 is 26.7. The second kappa shape index (κ2) is 8.75. The predicted octanol–water partition coefficient (Wildman–Crippen LogP) is 1.33. The van der Waals surface area contributed by atoms with Gasteiger partial charge in [-0.25, -0.2) is 18.1 Å². The minimum Gasteiger partial charge on any atom is -0.370 e. The number of aliphatic imine (C=N–C) groups is 1. The lowest BCUT2D eigenvalue weighted by Gasteiger charge is -2.12. The van der Waals surface area contributed by atoms with E-state index in [1.165, 1.54) is 0 Å². The molecule has 0 aliphatic carbocycles. The van der Waals surface area contributed by atoms with Crippen LogP contribution < -0.4 is 15.8 Å². The molecule has 7 heteroatoms. The molecule has 1 aromatic rings. The van der Waals surface area contributed by atoms with Crippen LogP contribution in [0, 0.1) is 0 Å². The average Bonchev–Trinajstić information content (AvgIpc) is 2.42. The van der Waals surface area contributed by atoms with Gasteiger partial charge in [0.2, 0.25) is 10.0 Å². The third-order valence-electron chi connectivity index (χ3n) is 2.86. The standard InChI is InChI=1S/C15H26N4O2S/c1-4-9-17-15(16)18-10-13-7-5-6-8-14(13)11-22(20,21)19-12(2)3/h5-8,12,19H,4,9-11H2,1-3H3,(H3,16,17,18). The Hall–Kier alpha value is -1.60. The minimum absolute atomic E-state index is 0.0564. The van der Waals surface area contributed by atoms with E-state index < -0.39 is 10.0 Å². The zero-order chi connectivity index (χ0) is 16.6. The Bertz CT molecular complexity index is 597. The topological polar surface area (TPSA) is 96.6 Å². The Kier molecular flexibility index (Phi) is 7.34. The molecule has 0 saturated carbocycles. The molecule has 0 fully saturated rings. The lowest BCUT2D eigenvalue weighted by atomic mass is 10.1. The molecule has 0 atom stereocenters. The molecule has 22 heavy (non-hydrogen) atoms. The van der Waals surface area contributed by atoms with E-state index in [9.17, 15) is 8.42 Å². The van der Waals surface area contributed by atoms with Gasteiger partial charge in [-0.05, 0) is 31.4 Å². The molecule has 4 N–H and O–H groups in total. The van der Waals surface area contributed by atoms with Crippen LogP contribution in [0.4, 0.5) is 0 Å². The summed E-state index contributed by atoms with van der Waals surface area (Å²) in [6.07, 6.45) is 0.964. The Labute approximate surface area is 133 Å². The second-order valence-electron chi connectivity index (χ2n) is 5.43. The summed E-state index contributed by atoms with van der Waals surface area (Å²) in [5.74, 6) is 0.318. The van der Waals surface area contributed by atoms with Crippen LogP contribution in [-0.4, -0.2) is 27.0 Å². The molecule has 0 aliphatic heterocycles. The monoisotopic (exact) mass is 326 g/mol. The zero-order valence-electron chi connectivity index (χ0n) is 13.5. The van der Waals surface area contributed by atoms with Gasteiger partial charge in [-0.15, -0.1) is 0 Å². The summed E-state index contributed by atoms with van der Waals surface area (Å²) in [6, 6.07) is 7.25. The molecule has 1 aromatic carbocycles. The van der Waals surface area contributed by atoms with Crippen LogP contribution in [0.15, 0.2) is 29.3 Å². The van der Waals surface area contributed by atoms with Gasteiger partial charge in [0, 0.05) is 12.6 Å². The molecular formula is C15H26N4O2S. The third-order valence-corrected chi connectivity index (χ3v) is 4.38. The molecule has 0 bridgehead atoms. The van der Waals surface area contributed by atoms with Crippen molar-refractivity contribution >= 4 is 16.0 Å². The first-order chi connectivity index (χ1) is 10.3. The molecule has 1 rings (SSSR count). The molecule has 0 radical (unpaired) electrons. The molecule has 0 aliphatic rings. The Morgan fingerprint density at radius 3 is 2.50 bits per heavy atom. The van der Waals surface area contributed by atoms with Crippen molar-refractivity contribution in [3.8, 4) is 0 Å². The number of nitrogens with one attached hydrogen (secondary N) is 2. The van der Waals surface area contributed by atoms with Gasteiger partial charge in [-0.3, -0.25) is 0 Å². The van der Waals surface area contributed by atoms with Crippen LogP contribution in [0.3, 0.4) is 0 Å². The number of guanidine groups is 1. The highest BCUT2D eigenvalue weighted by atomic mass is 32.2. The first-order valence-corrected chi connectivity index (χ1v) is 9.10. The zero-order valence-corrected chi connectivity index (χ0v) is 14.3. The molecule has 0 unspecified atom stereocenters. The molecular weight excluding hydrogens is 300 g/mol. The van der Waals surface area contributed by atoms with E-state index in [2.05, 4.69) is 15.0 Å². The van der Waals surface area contributed by atoms with E-state index in [0.29, 0.717) is 12.5 Å². The average molecular weight is 326 g/mol. The fraction of sp³-hybridized carbons (Fsp3) is 0.533. The molecule has 0 saturated heterocycles. The van der Waals surface area contributed by atoms with Crippen molar-refractivity contribution < 1.29 is 8.42 Å². The van der Waals surface area contributed by atoms with Crippen LogP contribution in [0.25, 0.3) is 0 Å². The van der Waals surface area contributed by atoms with Crippen molar-refractivity contribution in [1.82, 2.24) is 10.0 Å². The first-order valence-electron chi connectivity index (χ1n) is 7.44. The van der Waals surface area contributed by atoms with Crippen LogP contribution in [0.1, 0.15) is 38.3 Å². The second-order valence-corrected chi connectivity index (χ2v) is 7.18. The van der Waals surface area contributed by atoms with Gasteiger partial charge in [0.1, 0.15) is 0 Å². The number of rotatable bonds is 8.